The maximum absolute atomic E-state index is 12.3. The van der Waals surface area contributed by atoms with Gasteiger partial charge in [-0.1, -0.05) is 12.8 Å². The topological polar surface area (TPSA) is 98.5 Å². The molecule has 0 saturated carbocycles. The first-order chi connectivity index (χ1) is 9.35. The first-order valence-corrected chi connectivity index (χ1v) is 7.30. The molecule has 0 heterocycles. The van der Waals surface area contributed by atoms with Gasteiger partial charge in [0.1, 0.15) is 0 Å². The number of hydrogen-bond donors (Lipinski definition) is 2. The van der Waals surface area contributed by atoms with Gasteiger partial charge in [0.15, 0.2) is 0 Å². The van der Waals surface area contributed by atoms with E-state index in [1.165, 1.54) is 25.3 Å². The van der Waals surface area contributed by atoms with Crippen molar-refractivity contribution in [1.82, 2.24) is 4.72 Å². The number of carbonyl (C=O) groups is 1. The van der Waals surface area contributed by atoms with Crippen LogP contribution in [0.4, 0.5) is 5.69 Å². The van der Waals surface area contributed by atoms with E-state index in [9.17, 15) is 13.2 Å². The van der Waals surface area contributed by atoms with Crippen molar-refractivity contribution in [3.05, 3.63) is 23.8 Å². The van der Waals surface area contributed by atoms with E-state index in [0.29, 0.717) is 6.42 Å². The lowest BCUT2D eigenvalue weighted by Crippen LogP contribution is -2.34. The first-order valence-electron chi connectivity index (χ1n) is 5.82. The standard InChI is InChI=1S/C13H16N2O4S/c1-4-10(5-2)15-20(17,18)12-8-9(14)6-7-11(12)13(16)19-3/h1,6-8,10,15H,5,14H2,2-3H3. The Bertz CT molecular complexity index is 647. The summed E-state index contributed by atoms with van der Waals surface area (Å²) in [5.74, 6) is 1.55. The van der Waals surface area contributed by atoms with Crippen LogP contribution in [-0.4, -0.2) is 27.5 Å². The molecule has 0 amide bonds. The Labute approximate surface area is 118 Å². The molecule has 3 N–H and O–H groups in total. The molecule has 0 aromatic heterocycles. The van der Waals surface area contributed by atoms with E-state index in [0.717, 1.165) is 0 Å². The van der Waals surface area contributed by atoms with Crippen molar-refractivity contribution in [2.24, 2.45) is 0 Å². The van der Waals surface area contributed by atoms with Crippen molar-refractivity contribution >= 4 is 21.7 Å². The van der Waals surface area contributed by atoms with Gasteiger partial charge in [-0.15, -0.1) is 6.42 Å². The van der Waals surface area contributed by atoms with Gasteiger partial charge in [-0.2, -0.15) is 4.72 Å². The van der Waals surface area contributed by atoms with Crippen molar-refractivity contribution in [1.29, 1.82) is 0 Å². The number of sulfonamides is 1. The molecule has 0 aliphatic rings. The molecule has 0 spiro atoms. The molecule has 0 aliphatic heterocycles. The minimum atomic E-state index is -3.97. The van der Waals surface area contributed by atoms with Gasteiger partial charge in [0.2, 0.25) is 10.0 Å². The summed E-state index contributed by atoms with van der Waals surface area (Å²) in [5.41, 5.74) is 5.70. The molecule has 20 heavy (non-hydrogen) atoms. The van der Waals surface area contributed by atoms with Gasteiger partial charge in [0.05, 0.1) is 23.6 Å². The Balaban J connectivity index is 3.34. The predicted molar refractivity (Wildman–Crippen MR) is 75.4 cm³/mol. The second-order valence-corrected chi connectivity index (χ2v) is 5.68. The van der Waals surface area contributed by atoms with Gasteiger partial charge >= 0.3 is 5.97 Å². The minimum absolute atomic E-state index is 0.0962. The molecule has 0 saturated heterocycles. The average molecular weight is 296 g/mol. The van der Waals surface area contributed by atoms with Gasteiger partial charge in [-0.05, 0) is 24.6 Å². The SMILES string of the molecule is C#CC(CC)NS(=O)(=O)c1cc(N)ccc1C(=O)OC. The summed E-state index contributed by atoms with van der Waals surface area (Å²) in [6, 6.07) is 3.25. The third kappa shape index (κ3) is 3.50. The molecule has 1 rings (SSSR count). The Hall–Kier alpha value is -2.04. The van der Waals surface area contributed by atoms with Crippen LogP contribution >= 0.6 is 0 Å². The van der Waals surface area contributed by atoms with E-state index in [-0.39, 0.29) is 16.1 Å². The number of esters is 1. The largest absolute Gasteiger partial charge is 0.465 e. The Morgan fingerprint density at radius 3 is 2.70 bits per heavy atom. The fraction of sp³-hybridized carbons (Fsp3) is 0.308. The van der Waals surface area contributed by atoms with E-state index >= 15 is 0 Å². The quantitative estimate of drug-likeness (QED) is 0.474. The number of methoxy groups -OCH3 is 1. The number of carbonyl (C=O) groups excluding carboxylic acids is 1. The van der Waals surface area contributed by atoms with Gasteiger partial charge in [-0.25, -0.2) is 13.2 Å². The maximum atomic E-state index is 12.3. The van der Waals surface area contributed by atoms with Crippen molar-refractivity contribution in [2.45, 2.75) is 24.3 Å². The lowest BCUT2D eigenvalue weighted by atomic mass is 10.2. The van der Waals surface area contributed by atoms with E-state index < -0.39 is 22.0 Å². The summed E-state index contributed by atoms with van der Waals surface area (Å²) in [6.07, 6.45) is 5.65. The average Bonchev–Trinajstić information content (AvgIpc) is 2.43. The van der Waals surface area contributed by atoms with Gasteiger partial charge < -0.3 is 10.5 Å². The lowest BCUT2D eigenvalue weighted by molar-refractivity contribution is 0.0596. The molecule has 1 aromatic carbocycles. The molecule has 7 heteroatoms. The van der Waals surface area contributed by atoms with Crippen LogP contribution in [0, 0.1) is 12.3 Å². The molecular weight excluding hydrogens is 280 g/mol. The van der Waals surface area contributed by atoms with Crippen LogP contribution in [0.5, 0.6) is 0 Å². The molecule has 0 bridgehead atoms. The smallest absolute Gasteiger partial charge is 0.339 e. The number of benzene rings is 1. The van der Waals surface area contributed by atoms with Gasteiger partial charge in [0.25, 0.3) is 0 Å². The number of hydrogen-bond acceptors (Lipinski definition) is 5. The minimum Gasteiger partial charge on any atom is -0.465 e. The number of nitrogen functional groups attached to an aromatic ring is 1. The van der Waals surface area contributed by atoms with Crippen molar-refractivity contribution in [3.8, 4) is 12.3 Å². The van der Waals surface area contributed by atoms with Crippen molar-refractivity contribution in [3.63, 3.8) is 0 Å². The summed E-state index contributed by atoms with van der Waals surface area (Å²) in [7, 11) is -2.80. The molecule has 1 unspecified atom stereocenters. The number of ether oxygens (including phenoxy) is 1. The number of terminal acetylenes is 1. The van der Waals surface area contributed by atoms with Crippen molar-refractivity contribution in [2.75, 3.05) is 12.8 Å². The monoisotopic (exact) mass is 296 g/mol. The van der Waals surface area contributed by atoms with E-state index in [1.54, 1.807) is 6.92 Å². The molecule has 0 radical (unpaired) electrons. The fourth-order valence-corrected chi connectivity index (χ4v) is 2.99. The van der Waals surface area contributed by atoms with Crippen LogP contribution in [0.3, 0.4) is 0 Å². The normalized spacial score (nSPS) is 12.4. The molecule has 1 atom stereocenters. The van der Waals surface area contributed by atoms with Crippen LogP contribution in [0.2, 0.25) is 0 Å². The Morgan fingerprint density at radius 2 is 2.20 bits per heavy atom. The number of nitrogens with two attached hydrogens (primary N) is 1. The van der Waals surface area contributed by atoms with E-state index in [4.69, 9.17) is 12.2 Å². The lowest BCUT2D eigenvalue weighted by Gasteiger charge is -2.14. The second kappa shape index (κ2) is 6.41. The number of anilines is 1. The van der Waals surface area contributed by atoms with Gasteiger partial charge in [-0.3, -0.25) is 0 Å². The molecular formula is C13H16N2O4S. The van der Waals surface area contributed by atoms with Crippen LogP contribution in [0.25, 0.3) is 0 Å². The number of rotatable bonds is 5. The highest BCUT2D eigenvalue weighted by atomic mass is 32.2. The zero-order chi connectivity index (χ0) is 15.3. The zero-order valence-electron chi connectivity index (χ0n) is 11.2. The highest BCUT2D eigenvalue weighted by Crippen LogP contribution is 2.20. The summed E-state index contributed by atoms with van der Waals surface area (Å²) in [4.78, 5) is 11.4. The number of nitrogens with one attached hydrogen (secondary N) is 1. The Kier molecular flexibility index (Phi) is 5.13. The van der Waals surface area contributed by atoms with Crippen LogP contribution in [-0.2, 0) is 14.8 Å². The molecule has 6 nitrogen and oxygen atoms in total. The summed E-state index contributed by atoms with van der Waals surface area (Å²) in [5, 5.41) is 0. The van der Waals surface area contributed by atoms with E-state index in [2.05, 4.69) is 15.4 Å². The third-order valence-corrected chi connectivity index (χ3v) is 4.12. The molecule has 1 aromatic rings. The highest BCUT2D eigenvalue weighted by molar-refractivity contribution is 7.89. The van der Waals surface area contributed by atoms with Gasteiger partial charge in [0, 0.05) is 5.69 Å². The predicted octanol–water partition coefficient (Wildman–Crippen LogP) is 0.746. The maximum Gasteiger partial charge on any atom is 0.339 e. The Morgan fingerprint density at radius 1 is 1.55 bits per heavy atom. The molecule has 0 aliphatic carbocycles. The first kappa shape index (κ1) is 16.0. The molecule has 108 valence electrons. The third-order valence-electron chi connectivity index (χ3n) is 2.61. The van der Waals surface area contributed by atoms with Crippen LogP contribution in [0.1, 0.15) is 23.7 Å². The van der Waals surface area contributed by atoms with Crippen LogP contribution in [0.15, 0.2) is 23.1 Å². The zero-order valence-corrected chi connectivity index (χ0v) is 12.0. The highest BCUT2D eigenvalue weighted by Gasteiger charge is 2.25. The molecule has 0 fully saturated rings. The summed E-state index contributed by atoms with van der Waals surface area (Å²) < 4.78 is 31.5. The van der Waals surface area contributed by atoms with Crippen LogP contribution < -0.4 is 10.5 Å². The van der Waals surface area contributed by atoms with Crippen molar-refractivity contribution < 1.29 is 17.9 Å². The fourth-order valence-electron chi connectivity index (χ4n) is 1.53. The second-order valence-electron chi connectivity index (χ2n) is 4.00. The van der Waals surface area contributed by atoms with E-state index in [1.807, 2.05) is 0 Å². The summed E-state index contributed by atoms with van der Waals surface area (Å²) >= 11 is 0. The summed E-state index contributed by atoms with van der Waals surface area (Å²) in [6.45, 7) is 1.74.